The van der Waals surface area contributed by atoms with E-state index < -0.39 is 0 Å². The van der Waals surface area contributed by atoms with Crippen LogP contribution in [0.3, 0.4) is 0 Å². The van der Waals surface area contributed by atoms with Crippen molar-refractivity contribution in [2.24, 2.45) is 11.8 Å². The van der Waals surface area contributed by atoms with Gasteiger partial charge in [-0.2, -0.15) is 0 Å². The number of rotatable bonds is 7. The molecule has 4 nitrogen and oxygen atoms in total. The molecular formula is C16H25N3O. The van der Waals surface area contributed by atoms with E-state index in [1.54, 1.807) is 0 Å². The molecule has 2 rings (SSSR count). The number of amides is 1. The normalized spacial score (nSPS) is 15.2. The van der Waals surface area contributed by atoms with Crippen LogP contribution in [0.15, 0.2) is 24.3 Å². The maximum atomic E-state index is 11.5. The van der Waals surface area contributed by atoms with Gasteiger partial charge >= 0.3 is 0 Å². The van der Waals surface area contributed by atoms with E-state index in [0.717, 1.165) is 24.6 Å². The lowest BCUT2D eigenvalue weighted by Gasteiger charge is -2.32. The van der Waals surface area contributed by atoms with Crippen LogP contribution in [0.1, 0.15) is 37.3 Å². The highest BCUT2D eigenvalue weighted by molar-refractivity contribution is 5.78. The Morgan fingerprint density at radius 2 is 2.05 bits per heavy atom. The molecule has 0 aromatic heterocycles. The molecule has 0 spiro atoms. The third kappa shape index (κ3) is 4.05. The molecule has 0 atom stereocenters. The number of hydrogen-bond acceptors (Lipinski definition) is 3. The lowest BCUT2D eigenvalue weighted by atomic mass is 9.85. The molecular weight excluding hydrogens is 250 g/mol. The third-order valence-electron chi connectivity index (χ3n) is 4.21. The van der Waals surface area contributed by atoms with E-state index >= 15 is 0 Å². The van der Waals surface area contributed by atoms with Gasteiger partial charge in [0.1, 0.15) is 0 Å². The van der Waals surface area contributed by atoms with E-state index in [-0.39, 0.29) is 5.91 Å². The molecule has 1 aliphatic rings. The molecule has 4 heteroatoms. The molecule has 1 aliphatic carbocycles. The highest BCUT2D eigenvalue weighted by atomic mass is 16.2. The first-order chi connectivity index (χ1) is 9.72. The monoisotopic (exact) mass is 275 g/mol. The Labute approximate surface area is 121 Å². The van der Waals surface area contributed by atoms with Crippen LogP contribution >= 0.6 is 0 Å². The zero-order valence-corrected chi connectivity index (χ0v) is 12.3. The van der Waals surface area contributed by atoms with Crippen LogP contribution in [0.4, 0.5) is 0 Å². The quantitative estimate of drug-likeness (QED) is 0.453. The van der Waals surface area contributed by atoms with Gasteiger partial charge in [0.05, 0.1) is 6.42 Å². The molecule has 1 amide bonds. The van der Waals surface area contributed by atoms with Crippen LogP contribution in [-0.4, -0.2) is 23.9 Å². The van der Waals surface area contributed by atoms with Crippen molar-refractivity contribution in [3.8, 4) is 0 Å². The first-order valence-electron chi connectivity index (χ1n) is 7.51. The molecule has 0 saturated heterocycles. The Morgan fingerprint density at radius 3 is 2.60 bits per heavy atom. The van der Waals surface area contributed by atoms with Gasteiger partial charge in [0, 0.05) is 13.1 Å². The number of hydrazine groups is 1. The minimum Gasteiger partial charge on any atom is -0.299 e. The number of carbonyl (C=O) groups is 1. The summed E-state index contributed by atoms with van der Waals surface area (Å²) in [5.74, 6) is 5.91. The number of nitrogens with zero attached hydrogens (tertiary/aromatic N) is 1. The van der Waals surface area contributed by atoms with E-state index in [1.165, 1.54) is 31.4 Å². The summed E-state index contributed by atoms with van der Waals surface area (Å²) in [6, 6.07) is 8.14. The Morgan fingerprint density at radius 1 is 1.35 bits per heavy atom. The zero-order chi connectivity index (χ0) is 14.4. The van der Waals surface area contributed by atoms with Crippen molar-refractivity contribution in [3.63, 3.8) is 0 Å². The van der Waals surface area contributed by atoms with Gasteiger partial charge in [-0.05, 0) is 36.4 Å². The summed E-state index contributed by atoms with van der Waals surface area (Å²) in [4.78, 5) is 13.9. The molecule has 1 aromatic carbocycles. The van der Waals surface area contributed by atoms with Gasteiger partial charge in [0.2, 0.25) is 5.91 Å². The van der Waals surface area contributed by atoms with Crippen molar-refractivity contribution in [1.29, 1.82) is 0 Å². The van der Waals surface area contributed by atoms with Crippen LogP contribution in [0.5, 0.6) is 0 Å². The number of hydrogen-bond donors (Lipinski definition) is 2. The highest BCUT2D eigenvalue weighted by Gasteiger charge is 2.20. The second kappa shape index (κ2) is 7.41. The van der Waals surface area contributed by atoms with Gasteiger partial charge in [-0.1, -0.05) is 37.6 Å². The molecule has 3 N–H and O–H groups in total. The molecule has 0 radical (unpaired) electrons. The fraction of sp³-hybridized carbons (Fsp3) is 0.562. The van der Waals surface area contributed by atoms with Gasteiger partial charge in [-0.25, -0.2) is 5.84 Å². The van der Waals surface area contributed by atoms with E-state index in [9.17, 15) is 4.79 Å². The predicted octanol–water partition coefficient (Wildman–Crippen LogP) is 1.84. The Kier molecular flexibility index (Phi) is 5.56. The summed E-state index contributed by atoms with van der Waals surface area (Å²) in [5.41, 5.74) is 4.51. The van der Waals surface area contributed by atoms with Crippen molar-refractivity contribution >= 4 is 5.91 Å². The van der Waals surface area contributed by atoms with Gasteiger partial charge in [0.15, 0.2) is 0 Å². The Bertz CT molecular complexity index is 443. The summed E-state index contributed by atoms with van der Waals surface area (Å²) >= 11 is 0. The van der Waals surface area contributed by atoms with E-state index in [4.69, 9.17) is 5.84 Å². The minimum absolute atomic E-state index is 0.139. The molecule has 0 bridgehead atoms. The number of carbonyl (C=O) groups excluding carboxylic acids is 1. The average Bonchev–Trinajstić information content (AvgIpc) is 2.43. The maximum Gasteiger partial charge on any atom is 0.238 e. The standard InChI is InChI=1S/C16H25N3O/c1-2-19(11-13-6-5-7-13)12-15-9-4-3-8-14(15)10-16(20)18-17/h3-4,8-9,13H,2,5-7,10-12,17H2,1H3,(H,18,20). The lowest BCUT2D eigenvalue weighted by molar-refractivity contribution is -0.120. The molecule has 0 heterocycles. The maximum absolute atomic E-state index is 11.5. The summed E-state index contributed by atoms with van der Waals surface area (Å²) in [6.07, 6.45) is 4.48. The average molecular weight is 275 g/mol. The molecule has 20 heavy (non-hydrogen) atoms. The summed E-state index contributed by atoms with van der Waals surface area (Å²) < 4.78 is 0. The van der Waals surface area contributed by atoms with Gasteiger partial charge in [-0.3, -0.25) is 15.1 Å². The lowest BCUT2D eigenvalue weighted by Crippen LogP contribution is -2.33. The summed E-state index contributed by atoms with van der Waals surface area (Å²) in [5, 5.41) is 0. The van der Waals surface area contributed by atoms with Crippen molar-refractivity contribution in [2.45, 2.75) is 39.2 Å². The molecule has 1 fully saturated rings. The van der Waals surface area contributed by atoms with Gasteiger partial charge in [-0.15, -0.1) is 0 Å². The Hall–Kier alpha value is -1.39. The van der Waals surface area contributed by atoms with Crippen molar-refractivity contribution in [2.75, 3.05) is 13.1 Å². The molecule has 0 unspecified atom stereocenters. The second-order valence-electron chi connectivity index (χ2n) is 5.64. The zero-order valence-electron chi connectivity index (χ0n) is 12.3. The molecule has 0 aliphatic heterocycles. The predicted molar refractivity (Wildman–Crippen MR) is 80.8 cm³/mol. The van der Waals surface area contributed by atoms with Gasteiger partial charge in [0.25, 0.3) is 0 Å². The third-order valence-corrected chi connectivity index (χ3v) is 4.21. The van der Waals surface area contributed by atoms with Crippen molar-refractivity contribution < 1.29 is 4.79 Å². The van der Waals surface area contributed by atoms with Crippen LogP contribution in [0.2, 0.25) is 0 Å². The SMILES string of the molecule is CCN(Cc1ccccc1CC(=O)NN)CC1CCC1. The smallest absolute Gasteiger partial charge is 0.238 e. The first kappa shape index (κ1) is 15.0. The first-order valence-corrected chi connectivity index (χ1v) is 7.51. The van der Waals surface area contributed by atoms with Crippen molar-refractivity contribution in [3.05, 3.63) is 35.4 Å². The number of benzene rings is 1. The largest absolute Gasteiger partial charge is 0.299 e. The number of nitrogens with two attached hydrogens (primary N) is 1. The highest BCUT2D eigenvalue weighted by Crippen LogP contribution is 2.27. The van der Waals surface area contributed by atoms with Gasteiger partial charge < -0.3 is 0 Å². The molecule has 110 valence electrons. The summed E-state index contributed by atoms with van der Waals surface area (Å²) in [7, 11) is 0. The van der Waals surface area contributed by atoms with Crippen LogP contribution in [-0.2, 0) is 17.8 Å². The van der Waals surface area contributed by atoms with E-state index in [1.807, 2.05) is 18.2 Å². The van der Waals surface area contributed by atoms with Crippen LogP contribution in [0, 0.1) is 5.92 Å². The molecule has 1 aromatic rings. The van der Waals surface area contributed by atoms with E-state index in [0.29, 0.717) is 6.42 Å². The van der Waals surface area contributed by atoms with E-state index in [2.05, 4.69) is 23.3 Å². The Balaban J connectivity index is 2.00. The topological polar surface area (TPSA) is 58.4 Å². The minimum atomic E-state index is -0.139. The summed E-state index contributed by atoms with van der Waals surface area (Å²) in [6.45, 7) is 5.34. The number of nitrogens with one attached hydrogen (secondary N) is 1. The fourth-order valence-corrected chi connectivity index (χ4v) is 2.70. The second-order valence-corrected chi connectivity index (χ2v) is 5.64. The molecule has 1 saturated carbocycles. The van der Waals surface area contributed by atoms with Crippen LogP contribution in [0.25, 0.3) is 0 Å². The van der Waals surface area contributed by atoms with Crippen molar-refractivity contribution in [1.82, 2.24) is 10.3 Å². The van der Waals surface area contributed by atoms with Crippen LogP contribution < -0.4 is 11.3 Å². The fourth-order valence-electron chi connectivity index (χ4n) is 2.70.